The smallest absolute Gasteiger partial charge is 0.360 e. The number of H-pyrrole nitrogens is 1. The highest BCUT2D eigenvalue weighted by Gasteiger charge is 2.36. The fourth-order valence-electron chi connectivity index (χ4n) is 4.06. The number of para-hydroxylation sites is 1. The van der Waals surface area contributed by atoms with E-state index in [2.05, 4.69) is 40.5 Å². The van der Waals surface area contributed by atoms with Crippen molar-refractivity contribution in [1.82, 2.24) is 15.0 Å². The molecule has 2 heterocycles. The Labute approximate surface area is 169 Å². The van der Waals surface area contributed by atoms with Crippen LogP contribution in [0.15, 0.2) is 30.6 Å². The monoisotopic (exact) mass is 420 g/mol. The highest BCUT2D eigenvalue weighted by molar-refractivity contribution is 7.64. The summed E-state index contributed by atoms with van der Waals surface area (Å²) in [6.45, 7) is 7.13. The zero-order valence-corrected chi connectivity index (χ0v) is 17.5. The molecule has 2 N–H and O–H groups in total. The second kappa shape index (κ2) is 7.60. The SMILES string of the molecule is CP(C)c1cccc2c(-c3nc(NC[C@H]4C[C@@H](C)C4)ncc3C(F)(F)F)c[nH]c12. The summed E-state index contributed by atoms with van der Waals surface area (Å²) in [7, 11) is -0.398. The number of nitrogens with zero attached hydrogens (tertiary/aromatic N) is 2. The van der Waals surface area contributed by atoms with E-state index in [0.29, 0.717) is 23.9 Å². The van der Waals surface area contributed by atoms with Crippen molar-refractivity contribution in [3.63, 3.8) is 0 Å². The van der Waals surface area contributed by atoms with Crippen molar-refractivity contribution in [2.75, 3.05) is 25.2 Å². The standard InChI is InChI=1S/C21H24F3N4P/c1-12-7-13(8-12)9-26-20-27-11-16(21(22,23)24)18(28-20)15-10-25-19-14(15)5-4-6-17(19)29(2)3/h4-6,10-13,25H,7-9H2,1-3H3,(H,26,27,28)/t12-,13+. The van der Waals surface area contributed by atoms with Crippen LogP contribution in [0.1, 0.15) is 25.3 Å². The molecular weight excluding hydrogens is 396 g/mol. The Morgan fingerprint density at radius 3 is 2.66 bits per heavy atom. The molecule has 3 aromatic rings. The van der Waals surface area contributed by atoms with Crippen LogP contribution in [0.25, 0.3) is 22.2 Å². The molecule has 4 rings (SSSR count). The predicted octanol–water partition coefficient (Wildman–Crippen LogP) is 5.47. The molecular formula is C21H24F3N4P. The number of rotatable bonds is 5. The maximum atomic E-state index is 13.7. The van der Waals surface area contributed by atoms with E-state index in [4.69, 9.17) is 0 Å². The first-order valence-corrected chi connectivity index (χ1v) is 11.9. The zero-order valence-electron chi connectivity index (χ0n) is 16.6. The molecule has 2 aromatic heterocycles. The molecule has 4 nitrogen and oxygen atoms in total. The van der Waals surface area contributed by atoms with Gasteiger partial charge >= 0.3 is 6.18 Å². The zero-order chi connectivity index (χ0) is 20.8. The Bertz CT molecular complexity index is 1020. The van der Waals surface area contributed by atoms with Gasteiger partial charge in [0.2, 0.25) is 5.95 Å². The van der Waals surface area contributed by atoms with Gasteiger partial charge in [0.25, 0.3) is 0 Å². The second-order valence-electron chi connectivity index (χ2n) is 8.07. The topological polar surface area (TPSA) is 53.6 Å². The summed E-state index contributed by atoms with van der Waals surface area (Å²) in [6.07, 6.45) is 0.247. The molecule has 0 unspecified atom stereocenters. The summed E-state index contributed by atoms with van der Waals surface area (Å²) in [5.41, 5.74) is 0.427. The van der Waals surface area contributed by atoms with Gasteiger partial charge in [-0.05, 0) is 43.3 Å². The maximum Gasteiger partial charge on any atom is 0.419 e. The third kappa shape index (κ3) is 3.97. The van der Waals surface area contributed by atoms with Gasteiger partial charge in [-0.25, -0.2) is 9.97 Å². The van der Waals surface area contributed by atoms with Gasteiger partial charge in [-0.3, -0.25) is 0 Å². The second-order valence-corrected chi connectivity index (χ2v) is 10.3. The van der Waals surface area contributed by atoms with E-state index < -0.39 is 19.7 Å². The first-order valence-electron chi connectivity index (χ1n) is 9.70. The molecule has 154 valence electrons. The van der Waals surface area contributed by atoms with E-state index in [0.717, 1.165) is 35.2 Å². The normalized spacial score (nSPS) is 19.6. The van der Waals surface area contributed by atoms with Crippen molar-refractivity contribution < 1.29 is 13.2 Å². The minimum atomic E-state index is -4.53. The van der Waals surface area contributed by atoms with Gasteiger partial charge in [0.05, 0.1) is 11.2 Å². The first-order chi connectivity index (χ1) is 13.7. The van der Waals surface area contributed by atoms with Crippen molar-refractivity contribution in [1.29, 1.82) is 0 Å². The van der Waals surface area contributed by atoms with Crippen molar-refractivity contribution in [3.05, 3.63) is 36.2 Å². The van der Waals surface area contributed by atoms with E-state index in [1.807, 2.05) is 18.2 Å². The molecule has 1 aliphatic rings. The Morgan fingerprint density at radius 1 is 1.24 bits per heavy atom. The highest BCUT2D eigenvalue weighted by Crippen LogP contribution is 2.40. The molecule has 1 saturated carbocycles. The summed E-state index contributed by atoms with van der Waals surface area (Å²) >= 11 is 0. The van der Waals surface area contributed by atoms with Crippen molar-refractivity contribution in [3.8, 4) is 11.3 Å². The number of nitrogens with one attached hydrogen (secondary N) is 2. The van der Waals surface area contributed by atoms with Crippen LogP contribution in [0.5, 0.6) is 0 Å². The number of anilines is 1. The van der Waals surface area contributed by atoms with Crippen LogP contribution in [0.2, 0.25) is 0 Å². The molecule has 0 saturated heterocycles. The summed E-state index contributed by atoms with van der Waals surface area (Å²) in [4.78, 5) is 11.4. The molecule has 8 heteroatoms. The van der Waals surface area contributed by atoms with Crippen LogP contribution in [-0.2, 0) is 6.18 Å². The summed E-state index contributed by atoms with van der Waals surface area (Å²) in [5, 5.41) is 5.01. The van der Waals surface area contributed by atoms with Crippen LogP contribution >= 0.6 is 7.92 Å². The number of fused-ring (bicyclic) bond motifs is 1. The van der Waals surface area contributed by atoms with Gasteiger partial charge in [0.15, 0.2) is 0 Å². The minimum absolute atomic E-state index is 0.0862. The molecule has 0 bridgehead atoms. The molecule has 1 fully saturated rings. The molecule has 0 radical (unpaired) electrons. The van der Waals surface area contributed by atoms with Crippen LogP contribution in [0.4, 0.5) is 19.1 Å². The summed E-state index contributed by atoms with van der Waals surface area (Å²) in [5.74, 6) is 1.49. The van der Waals surface area contributed by atoms with Gasteiger partial charge in [-0.1, -0.05) is 33.0 Å². The van der Waals surface area contributed by atoms with Crippen molar-refractivity contribution >= 4 is 30.1 Å². The number of alkyl halides is 3. The Kier molecular flexibility index (Phi) is 5.28. The number of aromatic nitrogens is 3. The Morgan fingerprint density at radius 2 is 2.00 bits per heavy atom. The number of halogens is 3. The molecule has 0 atom stereocenters. The van der Waals surface area contributed by atoms with Gasteiger partial charge < -0.3 is 10.3 Å². The molecule has 0 aliphatic heterocycles. The average Bonchev–Trinajstić information content (AvgIpc) is 3.07. The lowest BCUT2D eigenvalue weighted by Gasteiger charge is -2.32. The minimum Gasteiger partial charge on any atom is -0.360 e. The van der Waals surface area contributed by atoms with E-state index in [-0.39, 0.29) is 11.6 Å². The number of benzene rings is 1. The van der Waals surface area contributed by atoms with Crippen LogP contribution < -0.4 is 10.6 Å². The highest BCUT2D eigenvalue weighted by atomic mass is 31.1. The average molecular weight is 420 g/mol. The van der Waals surface area contributed by atoms with Crippen LogP contribution in [0.3, 0.4) is 0 Å². The number of aromatic amines is 1. The van der Waals surface area contributed by atoms with E-state index in [9.17, 15) is 13.2 Å². The van der Waals surface area contributed by atoms with Crippen molar-refractivity contribution in [2.24, 2.45) is 11.8 Å². The van der Waals surface area contributed by atoms with E-state index in [1.165, 1.54) is 0 Å². The fraction of sp³-hybridized carbons (Fsp3) is 0.429. The predicted molar refractivity (Wildman–Crippen MR) is 113 cm³/mol. The molecule has 1 aromatic carbocycles. The molecule has 0 spiro atoms. The third-order valence-corrected chi connectivity index (χ3v) is 6.88. The van der Waals surface area contributed by atoms with Crippen LogP contribution in [0, 0.1) is 11.8 Å². The third-order valence-electron chi connectivity index (χ3n) is 5.54. The molecule has 1 aliphatic carbocycles. The van der Waals surface area contributed by atoms with Crippen LogP contribution in [-0.4, -0.2) is 34.8 Å². The lowest BCUT2D eigenvalue weighted by molar-refractivity contribution is -0.137. The fourth-order valence-corrected chi connectivity index (χ4v) is 5.07. The van der Waals surface area contributed by atoms with Gasteiger partial charge in [-0.15, -0.1) is 0 Å². The first kappa shape index (κ1) is 20.1. The summed E-state index contributed by atoms with van der Waals surface area (Å²) < 4.78 is 41.1. The number of hydrogen-bond donors (Lipinski definition) is 2. The Hall–Kier alpha value is -2.14. The molecule has 29 heavy (non-hydrogen) atoms. The molecule has 0 amide bonds. The quantitative estimate of drug-likeness (QED) is 0.539. The van der Waals surface area contributed by atoms with Gasteiger partial charge in [-0.2, -0.15) is 13.2 Å². The lowest BCUT2D eigenvalue weighted by Crippen LogP contribution is -2.28. The van der Waals surface area contributed by atoms with Gasteiger partial charge in [0.1, 0.15) is 5.56 Å². The summed E-state index contributed by atoms with van der Waals surface area (Å²) in [6, 6.07) is 5.75. The van der Waals surface area contributed by atoms with Gasteiger partial charge in [0, 0.05) is 29.9 Å². The Balaban J connectivity index is 1.75. The van der Waals surface area contributed by atoms with E-state index in [1.54, 1.807) is 6.20 Å². The van der Waals surface area contributed by atoms with E-state index >= 15 is 0 Å². The van der Waals surface area contributed by atoms with Crippen molar-refractivity contribution in [2.45, 2.75) is 25.9 Å². The lowest BCUT2D eigenvalue weighted by atomic mass is 9.76. The largest absolute Gasteiger partial charge is 0.419 e. The number of hydrogen-bond acceptors (Lipinski definition) is 3. The maximum absolute atomic E-state index is 13.7.